The second-order valence-electron chi connectivity index (χ2n) is 3.00. The van der Waals surface area contributed by atoms with E-state index < -0.39 is 6.10 Å². The van der Waals surface area contributed by atoms with E-state index in [0.29, 0.717) is 0 Å². The monoisotopic (exact) mass is 160 g/mol. The van der Waals surface area contributed by atoms with Gasteiger partial charge in [-0.15, -0.1) is 0 Å². The fourth-order valence-electron chi connectivity index (χ4n) is 1.49. The first-order chi connectivity index (χ1) is 5.18. The fourth-order valence-corrected chi connectivity index (χ4v) is 1.49. The second kappa shape index (κ2) is 2.42. The molecule has 0 amide bonds. The van der Waals surface area contributed by atoms with Gasteiger partial charge in [-0.3, -0.25) is 0 Å². The molecule has 2 rings (SSSR count). The van der Waals surface area contributed by atoms with Gasteiger partial charge < -0.3 is 19.3 Å². The van der Waals surface area contributed by atoms with Gasteiger partial charge in [-0.05, 0) is 13.8 Å². The first-order valence-electron chi connectivity index (χ1n) is 3.83. The van der Waals surface area contributed by atoms with Crippen molar-refractivity contribution < 1.29 is 19.3 Å². The Hall–Kier alpha value is -0.160. The van der Waals surface area contributed by atoms with Gasteiger partial charge in [-0.2, -0.15) is 0 Å². The Morgan fingerprint density at radius 1 is 1.09 bits per heavy atom. The maximum atomic E-state index is 9.46. The van der Waals surface area contributed by atoms with Crippen molar-refractivity contribution in [1.29, 1.82) is 0 Å². The fraction of sp³-hybridized carbons (Fsp3) is 1.00. The molecule has 2 saturated heterocycles. The molecule has 1 N–H and O–H groups in total. The molecule has 2 fully saturated rings. The molecule has 11 heavy (non-hydrogen) atoms. The summed E-state index contributed by atoms with van der Waals surface area (Å²) in [6, 6.07) is 0. The highest BCUT2D eigenvalue weighted by molar-refractivity contribution is 4.88. The van der Waals surface area contributed by atoms with E-state index >= 15 is 0 Å². The van der Waals surface area contributed by atoms with Crippen molar-refractivity contribution in [1.82, 2.24) is 0 Å². The quantitative estimate of drug-likeness (QED) is 0.535. The molecule has 0 aromatic rings. The molecule has 0 saturated carbocycles. The second-order valence-corrected chi connectivity index (χ2v) is 3.00. The van der Waals surface area contributed by atoms with Crippen LogP contribution in [0.25, 0.3) is 0 Å². The lowest BCUT2D eigenvalue weighted by Crippen LogP contribution is -2.30. The largest absolute Gasteiger partial charge is 0.387 e. The zero-order valence-corrected chi connectivity index (χ0v) is 6.56. The predicted octanol–water partition coefficient (Wildman–Crippen LogP) is -0.147. The molecule has 0 aromatic carbocycles. The minimum atomic E-state index is -0.551. The zero-order valence-electron chi connectivity index (χ0n) is 6.56. The molecule has 4 heteroatoms. The lowest BCUT2D eigenvalue weighted by Gasteiger charge is -2.12. The molecule has 0 bridgehead atoms. The van der Waals surface area contributed by atoms with Crippen molar-refractivity contribution in [3.8, 4) is 0 Å². The number of hydrogen-bond acceptors (Lipinski definition) is 4. The van der Waals surface area contributed by atoms with Crippen LogP contribution < -0.4 is 0 Å². The van der Waals surface area contributed by atoms with Crippen LogP contribution in [0.1, 0.15) is 13.8 Å². The SMILES string of the molecule is CC1O[C@H]2O[C@H](C)[C@H](O)[C@H]2O1. The minimum Gasteiger partial charge on any atom is -0.387 e. The predicted molar refractivity (Wildman–Crippen MR) is 35.8 cm³/mol. The molecule has 1 unspecified atom stereocenters. The highest BCUT2D eigenvalue weighted by atomic mass is 16.8. The standard InChI is InChI=1S/C7H12O4/c1-3-5(8)6-7(9-3)11-4(2)10-6/h3-8H,1-2H3/t3-,4?,5+,6-,7-/m1/s1. The summed E-state index contributed by atoms with van der Waals surface area (Å²) in [4.78, 5) is 0. The van der Waals surface area contributed by atoms with Crippen molar-refractivity contribution >= 4 is 0 Å². The van der Waals surface area contributed by atoms with Crippen LogP contribution in [0.4, 0.5) is 0 Å². The normalized spacial score (nSPS) is 56.5. The van der Waals surface area contributed by atoms with Crippen molar-refractivity contribution in [2.45, 2.75) is 44.7 Å². The third kappa shape index (κ3) is 1.06. The Morgan fingerprint density at radius 2 is 1.82 bits per heavy atom. The first kappa shape index (κ1) is 7.49. The highest BCUT2D eigenvalue weighted by Crippen LogP contribution is 2.31. The van der Waals surface area contributed by atoms with Gasteiger partial charge in [0.25, 0.3) is 0 Å². The summed E-state index contributed by atoms with van der Waals surface area (Å²) in [5.74, 6) is 0. The van der Waals surface area contributed by atoms with Crippen LogP contribution in [0.5, 0.6) is 0 Å². The van der Waals surface area contributed by atoms with Gasteiger partial charge in [0.2, 0.25) is 0 Å². The molecule has 0 spiro atoms. The van der Waals surface area contributed by atoms with E-state index in [2.05, 4.69) is 0 Å². The number of aliphatic hydroxyl groups excluding tert-OH is 1. The summed E-state index contributed by atoms with van der Waals surface area (Å²) in [6.07, 6.45) is -1.65. The van der Waals surface area contributed by atoms with E-state index in [1.54, 1.807) is 13.8 Å². The van der Waals surface area contributed by atoms with Crippen molar-refractivity contribution in [2.24, 2.45) is 0 Å². The first-order valence-corrected chi connectivity index (χ1v) is 3.83. The van der Waals surface area contributed by atoms with Crippen LogP contribution in [0.15, 0.2) is 0 Å². The van der Waals surface area contributed by atoms with Gasteiger partial charge in [-0.25, -0.2) is 0 Å². The Balaban J connectivity index is 2.07. The maximum Gasteiger partial charge on any atom is 0.189 e. The third-order valence-corrected chi connectivity index (χ3v) is 2.11. The van der Waals surface area contributed by atoms with Gasteiger partial charge in [0, 0.05) is 0 Å². The molecule has 0 aromatic heterocycles. The molecule has 0 aliphatic carbocycles. The molecule has 0 radical (unpaired) electrons. The summed E-state index contributed by atoms with van der Waals surface area (Å²) >= 11 is 0. The summed E-state index contributed by atoms with van der Waals surface area (Å²) in [7, 11) is 0. The molecule has 64 valence electrons. The van der Waals surface area contributed by atoms with Gasteiger partial charge in [0.15, 0.2) is 12.6 Å². The Kier molecular flexibility index (Phi) is 1.64. The van der Waals surface area contributed by atoms with Gasteiger partial charge in [0.1, 0.15) is 12.2 Å². The molecular weight excluding hydrogens is 148 g/mol. The molecule has 2 heterocycles. The summed E-state index contributed by atoms with van der Waals surface area (Å²) in [5, 5.41) is 9.46. The minimum absolute atomic E-state index is 0.183. The zero-order chi connectivity index (χ0) is 8.01. The number of fused-ring (bicyclic) bond motifs is 1. The molecule has 5 atom stereocenters. The Bertz CT molecular complexity index is 161. The van der Waals surface area contributed by atoms with E-state index in [9.17, 15) is 5.11 Å². The topological polar surface area (TPSA) is 47.9 Å². The molecule has 2 aliphatic rings. The van der Waals surface area contributed by atoms with Crippen molar-refractivity contribution in [3.05, 3.63) is 0 Å². The molecule has 4 nitrogen and oxygen atoms in total. The van der Waals surface area contributed by atoms with E-state index in [1.165, 1.54) is 0 Å². The van der Waals surface area contributed by atoms with Crippen LogP contribution in [0, 0.1) is 0 Å². The summed E-state index contributed by atoms with van der Waals surface area (Å²) in [5.41, 5.74) is 0. The van der Waals surface area contributed by atoms with Gasteiger partial charge in [0.05, 0.1) is 6.10 Å². The van der Waals surface area contributed by atoms with Crippen molar-refractivity contribution in [2.75, 3.05) is 0 Å². The van der Waals surface area contributed by atoms with E-state index in [-0.39, 0.29) is 24.8 Å². The van der Waals surface area contributed by atoms with Crippen molar-refractivity contribution in [3.63, 3.8) is 0 Å². The van der Waals surface area contributed by atoms with Crippen LogP contribution in [0.3, 0.4) is 0 Å². The molecule has 2 aliphatic heterocycles. The average molecular weight is 160 g/mol. The Labute approximate surface area is 65.1 Å². The van der Waals surface area contributed by atoms with E-state index in [1.807, 2.05) is 0 Å². The van der Waals surface area contributed by atoms with Gasteiger partial charge in [-0.1, -0.05) is 0 Å². The number of aliphatic hydroxyl groups is 1. The molecular formula is C7H12O4. The number of hydrogen-bond donors (Lipinski definition) is 1. The van der Waals surface area contributed by atoms with Crippen LogP contribution in [-0.2, 0) is 14.2 Å². The number of rotatable bonds is 0. The average Bonchev–Trinajstić information content (AvgIpc) is 2.37. The van der Waals surface area contributed by atoms with Crippen LogP contribution >= 0.6 is 0 Å². The summed E-state index contributed by atoms with van der Waals surface area (Å²) in [6.45, 7) is 3.60. The summed E-state index contributed by atoms with van der Waals surface area (Å²) < 4.78 is 15.8. The lowest BCUT2D eigenvalue weighted by molar-refractivity contribution is -0.157. The number of ether oxygens (including phenoxy) is 3. The van der Waals surface area contributed by atoms with Crippen LogP contribution in [-0.4, -0.2) is 36.0 Å². The van der Waals surface area contributed by atoms with Gasteiger partial charge >= 0.3 is 0 Å². The maximum absolute atomic E-state index is 9.46. The van der Waals surface area contributed by atoms with E-state index in [4.69, 9.17) is 14.2 Å². The third-order valence-electron chi connectivity index (χ3n) is 2.11. The lowest BCUT2D eigenvalue weighted by atomic mass is 10.2. The highest BCUT2D eigenvalue weighted by Gasteiger charge is 2.48. The van der Waals surface area contributed by atoms with E-state index in [0.717, 1.165) is 0 Å². The smallest absolute Gasteiger partial charge is 0.189 e. The Morgan fingerprint density at radius 3 is 2.45 bits per heavy atom. The van der Waals surface area contributed by atoms with Crippen LogP contribution in [0.2, 0.25) is 0 Å².